The van der Waals surface area contributed by atoms with E-state index < -0.39 is 23.5 Å². The molecule has 0 radical (unpaired) electrons. The second-order valence-corrected chi connectivity index (χ2v) is 3.78. The first-order chi connectivity index (χ1) is 9.27. The van der Waals surface area contributed by atoms with Crippen LogP contribution < -0.4 is 4.74 Å². The van der Waals surface area contributed by atoms with E-state index in [0.717, 1.165) is 12.3 Å². The van der Waals surface area contributed by atoms with Crippen molar-refractivity contribution in [3.8, 4) is 5.75 Å². The molecule has 8 heteroatoms. The fourth-order valence-corrected chi connectivity index (χ4v) is 1.41. The number of halogens is 4. The lowest BCUT2D eigenvalue weighted by Crippen LogP contribution is -2.11. The van der Waals surface area contributed by atoms with Crippen molar-refractivity contribution in [2.75, 3.05) is 0 Å². The molecule has 1 aromatic carbocycles. The molecule has 0 amide bonds. The van der Waals surface area contributed by atoms with Crippen LogP contribution in [0, 0.1) is 12.7 Å². The number of rotatable bonds is 2. The van der Waals surface area contributed by atoms with Gasteiger partial charge in [-0.3, -0.25) is 0 Å². The Kier molecular flexibility index (Phi) is 3.47. The molecule has 0 saturated carbocycles. The summed E-state index contributed by atoms with van der Waals surface area (Å²) in [4.78, 5) is 15.2. The maximum atomic E-state index is 13.3. The number of carbonyl (C=O) groups is 1. The highest BCUT2D eigenvalue weighted by Gasteiger charge is 2.34. The Bertz CT molecular complexity index is 648. The number of hydrogen-bond donors (Lipinski definition) is 0. The number of aryl methyl sites for hydroxylation is 1. The van der Waals surface area contributed by atoms with Crippen LogP contribution in [0.1, 0.15) is 21.9 Å². The first-order valence-electron chi connectivity index (χ1n) is 5.28. The van der Waals surface area contributed by atoms with Crippen molar-refractivity contribution in [3.05, 3.63) is 47.4 Å². The number of nitrogens with zero attached hydrogens (tertiary/aromatic N) is 1. The summed E-state index contributed by atoms with van der Waals surface area (Å²) >= 11 is 0. The normalized spacial score (nSPS) is 11.4. The SMILES string of the molecule is Cc1nc(C(=O)Oc2ccc(C(F)(F)F)c(F)c2)co1. The molecule has 0 aliphatic heterocycles. The van der Waals surface area contributed by atoms with E-state index in [1.165, 1.54) is 6.92 Å². The molecule has 1 heterocycles. The third kappa shape index (κ3) is 2.95. The van der Waals surface area contributed by atoms with Crippen LogP contribution in [0.2, 0.25) is 0 Å². The van der Waals surface area contributed by atoms with E-state index in [-0.39, 0.29) is 17.3 Å². The van der Waals surface area contributed by atoms with Gasteiger partial charge in [0.25, 0.3) is 0 Å². The summed E-state index contributed by atoms with van der Waals surface area (Å²) in [5, 5.41) is 0. The number of benzene rings is 1. The quantitative estimate of drug-likeness (QED) is 0.483. The molecular weight excluding hydrogens is 282 g/mol. The molecule has 0 atom stereocenters. The van der Waals surface area contributed by atoms with Gasteiger partial charge in [-0.25, -0.2) is 14.2 Å². The highest BCUT2D eigenvalue weighted by molar-refractivity contribution is 5.88. The Hall–Kier alpha value is -2.38. The van der Waals surface area contributed by atoms with Gasteiger partial charge in [-0.15, -0.1) is 0 Å². The molecule has 0 saturated heterocycles. The molecule has 0 aliphatic carbocycles. The molecule has 0 bridgehead atoms. The Labute approximate surface area is 110 Å². The van der Waals surface area contributed by atoms with E-state index >= 15 is 0 Å². The zero-order chi connectivity index (χ0) is 14.9. The number of alkyl halides is 3. The van der Waals surface area contributed by atoms with E-state index in [1.807, 2.05) is 0 Å². The lowest BCUT2D eigenvalue weighted by atomic mass is 10.2. The minimum absolute atomic E-state index is 0.164. The van der Waals surface area contributed by atoms with Crippen molar-refractivity contribution < 1.29 is 31.5 Å². The maximum Gasteiger partial charge on any atom is 0.419 e. The minimum atomic E-state index is -4.81. The van der Waals surface area contributed by atoms with Crippen LogP contribution in [-0.2, 0) is 6.18 Å². The van der Waals surface area contributed by atoms with Crippen molar-refractivity contribution in [2.24, 2.45) is 0 Å². The van der Waals surface area contributed by atoms with E-state index in [0.29, 0.717) is 12.1 Å². The topological polar surface area (TPSA) is 52.3 Å². The zero-order valence-electron chi connectivity index (χ0n) is 9.99. The van der Waals surface area contributed by atoms with E-state index in [9.17, 15) is 22.4 Å². The molecule has 0 unspecified atom stereocenters. The van der Waals surface area contributed by atoms with Crippen LogP contribution in [0.25, 0.3) is 0 Å². The molecular formula is C12H7F4NO3. The number of hydrogen-bond acceptors (Lipinski definition) is 4. The van der Waals surface area contributed by atoms with Gasteiger partial charge in [0.05, 0.1) is 5.56 Å². The van der Waals surface area contributed by atoms with Gasteiger partial charge >= 0.3 is 12.1 Å². The lowest BCUT2D eigenvalue weighted by molar-refractivity contribution is -0.140. The van der Waals surface area contributed by atoms with Crippen LogP contribution >= 0.6 is 0 Å². The first kappa shape index (κ1) is 14.0. The Balaban J connectivity index is 2.19. The zero-order valence-corrected chi connectivity index (χ0v) is 9.99. The molecule has 106 valence electrons. The first-order valence-corrected chi connectivity index (χ1v) is 5.28. The molecule has 0 aliphatic rings. The predicted molar refractivity (Wildman–Crippen MR) is 57.6 cm³/mol. The summed E-state index contributed by atoms with van der Waals surface area (Å²) in [7, 11) is 0. The number of oxazole rings is 1. The summed E-state index contributed by atoms with van der Waals surface area (Å²) in [6, 6.07) is 1.82. The summed E-state index contributed by atoms with van der Waals surface area (Å²) in [5.41, 5.74) is -1.60. The summed E-state index contributed by atoms with van der Waals surface area (Å²) in [6.07, 6.45) is -3.78. The second-order valence-electron chi connectivity index (χ2n) is 3.78. The van der Waals surface area contributed by atoms with Gasteiger partial charge in [-0.1, -0.05) is 0 Å². The van der Waals surface area contributed by atoms with Crippen LogP contribution in [0.4, 0.5) is 17.6 Å². The Morgan fingerprint density at radius 2 is 2.05 bits per heavy atom. The largest absolute Gasteiger partial charge is 0.448 e. The van der Waals surface area contributed by atoms with Crippen LogP contribution in [-0.4, -0.2) is 11.0 Å². The predicted octanol–water partition coefficient (Wildman–Crippen LogP) is 3.36. The van der Waals surface area contributed by atoms with E-state index in [2.05, 4.69) is 4.98 Å². The molecule has 0 fully saturated rings. The van der Waals surface area contributed by atoms with Gasteiger partial charge < -0.3 is 9.15 Å². The molecule has 2 aromatic rings. The highest BCUT2D eigenvalue weighted by atomic mass is 19.4. The fraction of sp³-hybridized carbons (Fsp3) is 0.167. The highest BCUT2D eigenvalue weighted by Crippen LogP contribution is 2.32. The van der Waals surface area contributed by atoms with Crippen LogP contribution in [0.15, 0.2) is 28.9 Å². The number of esters is 1. The van der Waals surface area contributed by atoms with Gasteiger partial charge in [0.1, 0.15) is 17.8 Å². The van der Waals surface area contributed by atoms with Gasteiger partial charge in [0.2, 0.25) is 0 Å². The molecule has 1 aromatic heterocycles. The summed E-state index contributed by atoms with van der Waals surface area (Å²) in [5.74, 6) is -2.63. The van der Waals surface area contributed by atoms with Crippen molar-refractivity contribution >= 4 is 5.97 Å². The van der Waals surface area contributed by atoms with Crippen molar-refractivity contribution in [1.29, 1.82) is 0 Å². The lowest BCUT2D eigenvalue weighted by Gasteiger charge is -2.09. The van der Waals surface area contributed by atoms with Crippen molar-refractivity contribution in [3.63, 3.8) is 0 Å². The van der Waals surface area contributed by atoms with Gasteiger partial charge in [0, 0.05) is 13.0 Å². The van der Waals surface area contributed by atoms with Crippen LogP contribution in [0.3, 0.4) is 0 Å². The monoisotopic (exact) mass is 289 g/mol. The molecule has 2 rings (SSSR count). The molecule has 4 nitrogen and oxygen atoms in total. The molecule has 0 N–H and O–H groups in total. The standard InChI is InChI=1S/C12H7F4NO3/c1-6-17-10(5-19-6)11(18)20-7-2-3-8(9(13)4-7)12(14,15)16/h2-5H,1H3. The van der Waals surface area contributed by atoms with Crippen molar-refractivity contribution in [2.45, 2.75) is 13.1 Å². The summed E-state index contributed by atoms with van der Waals surface area (Å²) < 4.78 is 59.7. The maximum absolute atomic E-state index is 13.3. The Morgan fingerprint density at radius 1 is 1.35 bits per heavy atom. The van der Waals surface area contributed by atoms with Gasteiger partial charge in [-0.2, -0.15) is 13.2 Å². The van der Waals surface area contributed by atoms with Crippen molar-refractivity contribution in [1.82, 2.24) is 4.98 Å². The minimum Gasteiger partial charge on any atom is -0.448 e. The number of carbonyl (C=O) groups excluding carboxylic acids is 1. The van der Waals surface area contributed by atoms with E-state index in [4.69, 9.17) is 9.15 Å². The third-order valence-corrected chi connectivity index (χ3v) is 2.28. The number of ether oxygens (including phenoxy) is 1. The van der Waals surface area contributed by atoms with E-state index in [1.54, 1.807) is 0 Å². The molecule has 0 spiro atoms. The average Bonchev–Trinajstić information content (AvgIpc) is 2.74. The average molecular weight is 289 g/mol. The Morgan fingerprint density at radius 3 is 2.55 bits per heavy atom. The fourth-order valence-electron chi connectivity index (χ4n) is 1.41. The van der Waals surface area contributed by atoms with Gasteiger partial charge in [-0.05, 0) is 12.1 Å². The summed E-state index contributed by atoms with van der Waals surface area (Å²) in [6.45, 7) is 1.49. The third-order valence-electron chi connectivity index (χ3n) is 2.28. The van der Waals surface area contributed by atoms with Crippen LogP contribution in [0.5, 0.6) is 5.75 Å². The number of aromatic nitrogens is 1. The van der Waals surface area contributed by atoms with Gasteiger partial charge in [0.15, 0.2) is 11.6 Å². The second kappa shape index (κ2) is 4.95. The smallest absolute Gasteiger partial charge is 0.419 e. The molecule has 20 heavy (non-hydrogen) atoms.